The Bertz CT molecular complexity index is 969. The minimum atomic E-state index is -0.475. The first-order valence-electron chi connectivity index (χ1n) is 9.43. The van der Waals surface area contributed by atoms with Gasteiger partial charge in [0.05, 0.1) is 5.69 Å². The van der Waals surface area contributed by atoms with E-state index in [0.29, 0.717) is 24.1 Å². The number of Topliss-reactive ketones (excluding diaryl/α,β-unsaturated/α-hetero) is 1. The van der Waals surface area contributed by atoms with Crippen molar-refractivity contribution in [3.8, 4) is 0 Å². The highest BCUT2D eigenvalue weighted by Gasteiger charge is 2.34. The Kier molecular flexibility index (Phi) is 5.31. The monoisotopic (exact) mass is 371 g/mol. The summed E-state index contributed by atoms with van der Waals surface area (Å²) < 4.78 is 0. The van der Waals surface area contributed by atoms with Crippen molar-refractivity contribution in [3.63, 3.8) is 0 Å². The van der Waals surface area contributed by atoms with Gasteiger partial charge in [0.1, 0.15) is 11.9 Å². The van der Waals surface area contributed by atoms with Gasteiger partial charge in [0.2, 0.25) is 0 Å². The number of hydrogen-bond acceptors (Lipinski definition) is 3. The summed E-state index contributed by atoms with van der Waals surface area (Å²) in [6, 6.07) is 26.6. The molecule has 1 aliphatic heterocycles. The second-order valence-electron chi connectivity index (χ2n) is 6.84. The number of hydroxylamine groups is 1. The summed E-state index contributed by atoms with van der Waals surface area (Å²) in [6.45, 7) is 0. The Morgan fingerprint density at radius 3 is 2.25 bits per heavy atom. The van der Waals surface area contributed by atoms with Gasteiger partial charge in [-0.2, -0.15) is 5.06 Å². The molecule has 4 heteroatoms. The maximum Gasteiger partial charge on any atom is 0.282 e. The lowest BCUT2D eigenvalue weighted by molar-refractivity contribution is -0.122. The van der Waals surface area contributed by atoms with Crippen molar-refractivity contribution in [1.29, 1.82) is 0 Å². The summed E-state index contributed by atoms with van der Waals surface area (Å²) in [6.07, 6.45) is 0.915. The van der Waals surface area contributed by atoms with E-state index >= 15 is 0 Å². The largest absolute Gasteiger partial charge is 0.300 e. The summed E-state index contributed by atoms with van der Waals surface area (Å²) in [5.41, 5.74) is 3.15. The smallest absolute Gasteiger partial charge is 0.282 e. The Morgan fingerprint density at radius 2 is 1.50 bits per heavy atom. The number of hydrogen-bond donors (Lipinski definition) is 0. The average molecular weight is 371 g/mol. The number of para-hydroxylation sites is 1. The lowest BCUT2D eigenvalue weighted by Crippen LogP contribution is -2.38. The van der Waals surface area contributed by atoms with Crippen LogP contribution in [0, 0.1) is 0 Å². The molecule has 1 heterocycles. The first-order chi connectivity index (χ1) is 13.7. The summed E-state index contributed by atoms with van der Waals surface area (Å²) in [5, 5.41) is 1.30. The van der Waals surface area contributed by atoms with Gasteiger partial charge in [-0.15, -0.1) is 0 Å². The quantitative estimate of drug-likeness (QED) is 0.618. The van der Waals surface area contributed by atoms with Gasteiger partial charge in [-0.05, 0) is 35.7 Å². The van der Waals surface area contributed by atoms with Gasteiger partial charge < -0.3 is 0 Å². The van der Waals surface area contributed by atoms with Crippen LogP contribution in [0.1, 0.15) is 40.4 Å². The number of rotatable bonds is 6. The Hall–Kier alpha value is -3.24. The number of fused-ring (bicyclic) bond motifs is 1. The molecule has 4 rings (SSSR count). The zero-order chi connectivity index (χ0) is 19.3. The van der Waals surface area contributed by atoms with Crippen molar-refractivity contribution in [2.24, 2.45) is 0 Å². The number of aryl methyl sites for hydroxylation is 1. The molecule has 0 saturated carbocycles. The Morgan fingerprint density at radius 1 is 0.857 bits per heavy atom. The molecule has 28 heavy (non-hydrogen) atoms. The summed E-state index contributed by atoms with van der Waals surface area (Å²) >= 11 is 0. The van der Waals surface area contributed by atoms with E-state index in [1.54, 1.807) is 6.07 Å². The van der Waals surface area contributed by atoms with Gasteiger partial charge in [0.25, 0.3) is 5.91 Å². The maximum atomic E-state index is 12.9. The Balaban J connectivity index is 1.53. The van der Waals surface area contributed by atoms with Gasteiger partial charge in [0, 0.05) is 18.4 Å². The lowest BCUT2D eigenvalue weighted by atomic mass is 9.95. The van der Waals surface area contributed by atoms with Crippen molar-refractivity contribution in [3.05, 3.63) is 102 Å². The molecule has 3 aromatic carbocycles. The maximum absolute atomic E-state index is 12.9. The highest BCUT2D eigenvalue weighted by molar-refractivity contribution is 6.06. The van der Waals surface area contributed by atoms with Crippen molar-refractivity contribution < 1.29 is 14.4 Å². The molecule has 0 aromatic heterocycles. The Labute approximate surface area is 164 Å². The van der Waals surface area contributed by atoms with Crippen LogP contribution < -0.4 is 5.06 Å². The van der Waals surface area contributed by atoms with Crippen LogP contribution in [-0.2, 0) is 16.1 Å². The van der Waals surface area contributed by atoms with E-state index < -0.39 is 6.10 Å². The molecule has 1 aliphatic rings. The van der Waals surface area contributed by atoms with Crippen LogP contribution in [0.2, 0.25) is 0 Å². The minimum absolute atomic E-state index is 0.117. The molecule has 0 radical (unpaired) electrons. The topological polar surface area (TPSA) is 46.6 Å². The van der Waals surface area contributed by atoms with E-state index in [1.807, 2.05) is 78.9 Å². The number of anilines is 1. The third-order valence-electron chi connectivity index (χ3n) is 4.89. The van der Waals surface area contributed by atoms with Crippen molar-refractivity contribution in [2.45, 2.75) is 25.4 Å². The van der Waals surface area contributed by atoms with E-state index in [0.717, 1.165) is 11.1 Å². The number of carbonyl (C=O) groups is 2. The fourth-order valence-electron chi connectivity index (χ4n) is 3.44. The molecule has 3 aromatic rings. The van der Waals surface area contributed by atoms with Crippen LogP contribution in [0.25, 0.3) is 0 Å². The van der Waals surface area contributed by atoms with E-state index in [2.05, 4.69) is 0 Å². The van der Waals surface area contributed by atoms with Crippen molar-refractivity contribution >= 4 is 17.4 Å². The average Bonchev–Trinajstić information content (AvgIpc) is 2.76. The van der Waals surface area contributed by atoms with Crippen molar-refractivity contribution in [1.82, 2.24) is 0 Å². The lowest BCUT2D eigenvalue weighted by Gasteiger charge is -2.33. The first kappa shape index (κ1) is 18.1. The van der Waals surface area contributed by atoms with Gasteiger partial charge in [-0.1, -0.05) is 66.7 Å². The fourth-order valence-corrected chi connectivity index (χ4v) is 3.44. The number of amides is 1. The second kappa shape index (κ2) is 8.19. The number of benzene rings is 3. The predicted octanol–water partition coefficient (Wildman–Crippen LogP) is 4.91. The molecule has 1 unspecified atom stereocenters. The predicted molar refractivity (Wildman–Crippen MR) is 108 cm³/mol. The van der Waals surface area contributed by atoms with Gasteiger partial charge in [-0.3, -0.25) is 14.4 Å². The first-order valence-corrected chi connectivity index (χ1v) is 9.43. The van der Waals surface area contributed by atoms with E-state index in [4.69, 9.17) is 4.84 Å². The standard InChI is InChI=1S/C24H21NO3/c26-20(16-15-18-9-3-1-4-10-18)17-23-21-13-7-8-14-22(21)24(27)25(28-23)19-11-5-2-6-12-19/h1-14,23H,15-17H2. The molecule has 140 valence electrons. The molecule has 0 fully saturated rings. The molecule has 0 bridgehead atoms. The normalized spacial score (nSPS) is 15.9. The molecular weight excluding hydrogens is 350 g/mol. The minimum Gasteiger partial charge on any atom is -0.300 e. The summed E-state index contributed by atoms with van der Waals surface area (Å²) in [5.74, 6) is -0.0965. The molecule has 0 aliphatic carbocycles. The number of carbonyl (C=O) groups excluding carboxylic acids is 2. The number of nitrogens with zero attached hydrogens (tertiary/aromatic N) is 1. The second-order valence-corrected chi connectivity index (χ2v) is 6.84. The third-order valence-corrected chi connectivity index (χ3v) is 4.89. The summed E-state index contributed by atoms with van der Waals surface area (Å²) in [7, 11) is 0. The molecule has 0 saturated heterocycles. The van der Waals surface area contributed by atoms with E-state index in [9.17, 15) is 9.59 Å². The van der Waals surface area contributed by atoms with E-state index in [-0.39, 0.29) is 18.1 Å². The zero-order valence-electron chi connectivity index (χ0n) is 15.5. The van der Waals surface area contributed by atoms with Crippen LogP contribution in [0.3, 0.4) is 0 Å². The third kappa shape index (κ3) is 3.87. The van der Waals surface area contributed by atoms with Gasteiger partial charge >= 0.3 is 0 Å². The highest BCUT2D eigenvalue weighted by Crippen LogP contribution is 2.35. The summed E-state index contributed by atoms with van der Waals surface area (Å²) in [4.78, 5) is 31.5. The molecule has 0 spiro atoms. The molecule has 4 nitrogen and oxygen atoms in total. The highest BCUT2D eigenvalue weighted by atomic mass is 16.7. The van der Waals surface area contributed by atoms with Crippen LogP contribution in [-0.4, -0.2) is 11.7 Å². The van der Waals surface area contributed by atoms with Crippen LogP contribution >= 0.6 is 0 Å². The number of ketones is 1. The van der Waals surface area contributed by atoms with E-state index in [1.165, 1.54) is 5.06 Å². The van der Waals surface area contributed by atoms with Crippen LogP contribution in [0.4, 0.5) is 5.69 Å². The van der Waals surface area contributed by atoms with Gasteiger partial charge in [0.15, 0.2) is 0 Å². The molecule has 0 N–H and O–H groups in total. The van der Waals surface area contributed by atoms with Crippen LogP contribution in [0.15, 0.2) is 84.9 Å². The van der Waals surface area contributed by atoms with Gasteiger partial charge in [-0.25, -0.2) is 0 Å². The molecule has 1 amide bonds. The van der Waals surface area contributed by atoms with Crippen LogP contribution in [0.5, 0.6) is 0 Å². The zero-order valence-corrected chi connectivity index (χ0v) is 15.5. The molecular formula is C24H21NO3. The fraction of sp³-hybridized carbons (Fsp3) is 0.167. The SMILES string of the molecule is O=C(CCc1ccccc1)CC1ON(c2ccccc2)C(=O)c2ccccc21. The molecule has 1 atom stereocenters. The van der Waals surface area contributed by atoms with Crippen molar-refractivity contribution in [2.75, 3.05) is 5.06 Å².